The first-order valence-electron chi connectivity index (χ1n) is 9.17. The van der Waals surface area contributed by atoms with E-state index in [1.54, 1.807) is 6.20 Å². The van der Waals surface area contributed by atoms with E-state index in [0.717, 1.165) is 31.1 Å². The van der Waals surface area contributed by atoms with E-state index in [-0.39, 0.29) is 6.03 Å². The van der Waals surface area contributed by atoms with Gasteiger partial charge in [0.05, 0.1) is 6.54 Å². The number of hydrogen-bond donors (Lipinski definition) is 1. The largest absolute Gasteiger partial charge is 0.492 e. The molecule has 138 valence electrons. The summed E-state index contributed by atoms with van der Waals surface area (Å²) >= 11 is 0. The quantitative estimate of drug-likeness (QED) is 0.810. The molecule has 2 aromatic rings. The van der Waals surface area contributed by atoms with Gasteiger partial charge in [-0.2, -0.15) is 0 Å². The van der Waals surface area contributed by atoms with Crippen LogP contribution in [0.2, 0.25) is 0 Å². The molecule has 1 N–H and O–H groups in total. The fourth-order valence-electron chi connectivity index (χ4n) is 2.97. The summed E-state index contributed by atoms with van der Waals surface area (Å²) in [7, 11) is 0. The zero-order valence-electron chi connectivity index (χ0n) is 15.2. The molecule has 1 aliphatic heterocycles. The van der Waals surface area contributed by atoms with Gasteiger partial charge in [0.1, 0.15) is 18.2 Å². The van der Waals surface area contributed by atoms with Crippen molar-refractivity contribution in [3.05, 3.63) is 54.2 Å². The summed E-state index contributed by atoms with van der Waals surface area (Å²) < 4.78 is 5.71. The van der Waals surface area contributed by atoms with Gasteiger partial charge >= 0.3 is 6.03 Å². The number of anilines is 1. The Balaban J connectivity index is 1.36. The summed E-state index contributed by atoms with van der Waals surface area (Å²) in [6, 6.07) is 13.9. The van der Waals surface area contributed by atoms with Gasteiger partial charge in [0.25, 0.3) is 0 Å². The van der Waals surface area contributed by atoms with Gasteiger partial charge in [0.15, 0.2) is 0 Å². The van der Waals surface area contributed by atoms with Crippen LogP contribution in [0.15, 0.2) is 48.7 Å². The Bertz CT molecular complexity index is 700. The number of pyridine rings is 1. The van der Waals surface area contributed by atoms with Gasteiger partial charge in [0, 0.05) is 32.4 Å². The highest BCUT2D eigenvalue weighted by atomic mass is 16.5. The van der Waals surface area contributed by atoms with E-state index in [2.05, 4.69) is 28.2 Å². The molecule has 1 aromatic heterocycles. The second-order valence-corrected chi connectivity index (χ2v) is 6.24. The zero-order chi connectivity index (χ0) is 18.2. The van der Waals surface area contributed by atoms with Gasteiger partial charge in [0.2, 0.25) is 0 Å². The van der Waals surface area contributed by atoms with Crippen molar-refractivity contribution >= 4 is 11.8 Å². The van der Waals surface area contributed by atoms with E-state index in [1.807, 2.05) is 41.3 Å². The molecule has 2 heterocycles. The zero-order valence-corrected chi connectivity index (χ0v) is 15.2. The molecule has 26 heavy (non-hydrogen) atoms. The fourth-order valence-corrected chi connectivity index (χ4v) is 2.97. The monoisotopic (exact) mass is 354 g/mol. The van der Waals surface area contributed by atoms with Gasteiger partial charge in [-0.1, -0.05) is 25.1 Å². The molecule has 0 bridgehead atoms. The molecule has 1 saturated heterocycles. The number of rotatable bonds is 6. The first kappa shape index (κ1) is 18.0. The first-order valence-corrected chi connectivity index (χ1v) is 9.17. The molecule has 0 atom stereocenters. The Labute approximate surface area is 154 Å². The number of carbonyl (C=O) groups excluding carboxylic acids is 1. The van der Waals surface area contributed by atoms with E-state index < -0.39 is 0 Å². The highest BCUT2D eigenvalue weighted by Gasteiger charge is 2.21. The summed E-state index contributed by atoms with van der Waals surface area (Å²) in [6.07, 6.45) is 2.78. The fraction of sp³-hybridized carbons (Fsp3) is 0.400. The lowest BCUT2D eigenvalue weighted by atomic mass is 10.2. The van der Waals surface area contributed by atoms with Crippen molar-refractivity contribution in [3.63, 3.8) is 0 Å². The van der Waals surface area contributed by atoms with E-state index in [9.17, 15) is 4.79 Å². The van der Waals surface area contributed by atoms with E-state index >= 15 is 0 Å². The summed E-state index contributed by atoms with van der Waals surface area (Å²) in [4.78, 5) is 20.7. The Hall–Kier alpha value is -2.76. The standard InChI is InChI=1S/C20H26N4O2/c1-2-17-6-5-7-18(16-17)26-15-10-22-20(25)24-13-11-23(12-14-24)19-8-3-4-9-21-19/h3-9,16H,2,10-15H2,1H3,(H,22,25). The van der Waals surface area contributed by atoms with Crippen LogP contribution in [0.25, 0.3) is 0 Å². The second kappa shape index (κ2) is 9.08. The lowest BCUT2D eigenvalue weighted by molar-refractivity contribution is 0.191. The van der Waals surface area contributed by atoms with E-state index in [4.69, 9.17) is 4.74 Å². The lowest BCUT2D eigenvalue weighted by Crippen LogP contribution is -2.52. The first-order chi connectivity index (χ1) is 12.8. The highest BCUT2D eigenvalue weighted by Crippen LogP contribution is 2.14. The van der Waals surface area contributed by atoms with Gasteiger partial charge in [-0.05, 0) is 36.2 Å². The number of hydrogen-bond acceptors (Lipinski definition) is 4. The van der Waals surface area contributed by atoms with Crippen LogP contribution in [-0.4, -0.2) is 55.2 Å². The molecule has 3 rings (SSSR count). The minimum Gasteiger partial charge on any atom is -0.492 e. The van der Waals surface area contributed by atoms with Crippen molar-refractivity contribution in [2.45, 2.75) is 13.3 Å². The minimum absolute atomic E-state index is 0.0309. The third kappa shape index (κ3) is 4.88. The smallest absolute Gasteiger partial charge is 0.317 e. The van der Waals surface area contributed by atoms with Crippen LogP contribution in [0.5, 0.6) is 5.75 Å². The van der Waals surface area contributed by atoms with Crippen LogP contribution < -0.4 is 15.0 Å². The van der Waals surface area contributed by atoms with Gasteiger partial charge < -0.3 is 19.9 Å². The van der Waals surface area contributed by atoms with Crippen molar-refractivity contribution in [2.24, 2.45) is 0 Å². The summed E-state index contributed by atoms with van der Waals surface area (Å²) in [5.41, 5.74) is 1.25. The maximum atomic E-state index is 12.3. The average Bonchev–Trinajstić information content (AvgIpc) is 2.72. The molecule has 6 heteroatoms. The van der Waals surface area contributed by atoms with E-state index in [1.165, 1.54) is 5.56 Å². The molecule has 2 amide bonds. The lowest BCUT2D eigenvalue weighted by Gasteiger charge is -2.35. The Morgan fingerprint density at radius 2 is 2.00 bits per heavy atom. The van der Waals surface area contributed by atoms with Gasteiger partial charge in [-0.3, -0.25) is 0 Å². The highest BCUT2D eigenvalue weighted by molar-refractivity contribution is 5.74. The number of piperazine rings is 1. The normalized spacial score (nSPS) is 14.2. The molecule has 0 spiro atoms. The third-order valence-corrected chi connectivity index (χ3v) is 4.49. The number of aromatic nitrogens is 1. The SMILES string of the molecule is CCc1cccc(OCCNC(=O)N2CCN(c3ccccn3)CC2)c1. The average molecular weight is 354 g/mol. The maximum absolute atomic E-state index is 12.3. The van der Waals surface area contributed by atoms with Crippen LogP contribution >= 0.6 is 0 Å². The van der Waals surface area contributed by atoms with E-state index in [0.29, 0.717) is 26.2 Å². The van der Waals surface area contributed by atoms with Crippen LogP contribution in [0, 0.1) is 0 Å². The summed E-state index contributed by atoms with van der Waals surface area (Å²) in [6.45, 7) is 6.06. The van der Waals surface area contributed by atoms with Crippen LogP contribution in [0.1, 0.15) is 12.5 Å². The van der Waals surface area contributed by atoms with Gasteiger partial charge in [-0.15, -0.1) is 0 Å². The summed E-state index contributed by atoms with van der Waals surface area (Å²) in [5, 5.41) is 2.93. The molecule has 1 aromatic carbocycles. The number of ether oxygens (including phenoxy) is 1. The Morgan fingerprint density at radius 1 is 1.15 bits per heavy atom. The van der Waals surface area contributed by atoms with Crippen molar-refractivity contribution in [3.8, 4) is 5.75 Å². The number of nitrogens with one attached hydrogen (secondary N) is 1. The second-order valence-electron chi connectivity index (χ2n) is 6.24. The molecular formula is C20H26N4O2. The molecule has 0 unspecified atom stereocenters. The van der Waals surface area contributed by atoms with Crippen molar-refractivity contribution in [1.29, 1.82) is 0 Å². The molecule has 0 saturated carbocycles. The Kier molecular flexibility index (Phi) is 6.30. The topological polar surface area (TPSA) is 57.7 Å². The van der Waals surface area contributed by atoms with Crippen LogP contribution in [-0.2, 0) is 6.42 Å². The number of aryl methyl sites for hydroxylation is 1. The molecule has 1 aliphatic rings. The van der Waals surface area contributed by atoms with Crippen molar-refractivity contribution in [2.75, 3.05) is 44.2 Å². The number of urea groups is 1. The molecule has 6 nitrogen and oxygen atoms in total. The predicted octanol–water partition coefficient (Wildman–Crippen LogP) is 2.55. The molecule has 1 fully saturated rings. The molecule has 0 radical (unpaired) electrons. The minimum atomic E-state index is -0.0309. The maximum Gasteiger partial charge on any atom is 0.317 e. The van der Waals surface area contributed by atoms with Crippen LogP contribution in [0.4, 0.5) is 10.6 Å². The van der Waals surface area contributed by atoms with Crippen molar-refractivity contribution in [1.82, 2.24) is 15.2 Å². The Morgan fingerprint density at radius 3 is 2.73 bits per heavy atom. The third-order valence-electron chi connectivity index (χ3n) is 4.49. The summed E-state index contributed by atoms with van der Waals surface area (Å²) in [5.74, 6) is 1.82. The molecular weight excluding hydrogens is 328 g/mol. The van der Waals surface area contributed by atoms with Crippen LogP contribution in [0.3, 0.4) is 0 Å². The van der Waals surface area contributed by atoms with Crippen molar-refractivity contribution < 1.29 is 9.53 Å². The number of carbonyl (C=O) groups is 1. The molecule has 0 aliphatic carbocycles. The van der Waals surface area contributed by atoms with Gasteiger partial charge in [-0.25, -0.2) is 9.78 Å². The number of nitrogens with zero attached hydrogens (tertiary/aromatic N) is 3. The number of benzene rings is 1. The predicted molar refractivity (Wildman–Crippen MR) is 103 cm³/mol. The number of amides is 2.